The molecule has 0 radical (unpaired) electrons. The Kier molecular flexibility index (Phi) is 3.94. The van der Waals surface area contributed by atoms with Gasteiger partial charge in [-0.1, -0.05) is 26.0 Å². The van der Waals surface area contributed by atoms with E-state index in [2.05, 4.69) is 13.8 Å². The van der Waals surface area contributed by atoms with Crippen LogP contribution in [0.5, 0.6) is 0 Å². The normalized spacial score (nSPS) is 19.9. The lowest BCUT2D eigenvalue weighted by Gasteiger charge is -2.25. The first-order valence-electron chi connectivity index (χ1n) is 6.06. The minimum absolute atomic E-state index is 0.0728. The van der Waals surface area contributed by atoms with Crippen molar-refractivity contribution in [1.29, 1.82) is 0 Å². The fourth-order valence-electron chi connectivity index (χ4n) is 2.13. The van der Waals surface area contributed by atoms with Crippen molar-refractivity contribution in [3.8, 4) is 0 Å². The Balaban J connectivity index is 2.49. The number of hydrogen-bond acceptors (Lipinski definition) is 4. The molecule has 0 aliphatic carbocycles. The SMILES string of the molecule is CC(C)c1ccc(CN)cc1N1C(=O)CSC1N. The highest BCUT2D eigenvalue weighted by Crippen LogP contribution is 2.34. The van der Waals surface area contributed by atoms with Crippen molar-refractivity contribution in [2.45, 2.75) is 31.8 Å². The van der Waals surface area contributed by atoms with Gasteiger partial charge in [-0.25, -0.2) is 0 Å². The van der Waals surface area contributed by atoms with Crippen LogP contribution in [0.25, 0.3) is 0 Å². The second kappa shape index (κ2) is 5.30. The summed E-state index contributed by atoms with van der Waals surface area (Å²) < 4.78 is 0. The minimum Gasteiger partial charge on any atom is -0.326 e. The highest BCUT2D eigenvalue weighted by molar-refractivity contribution is 8.01. The van der Waals surface area contributed by atoms with Crippen LogP contribution in [0.2, 0.25) is 0 Å². The summed E-state index contributed by atoms with van der Waals surface area (Å²) in [5.74, 6) is 0.868. The molecule has 1 fully saturated rings. The minimum atomic E-state index is -0.289. The summed E-state index contributed by atoms with van der Waals surface area (Å²) in [6, 6.07) is 6.04. The highest BCUT2D eigenvalue weighted by atomic mass is 32.2. The van der Waals surface area contributed by atoms with Gasteiger partial charge in [0.05, 0.1) is 5.75 Å². The summed E-state index contributed by atoms with van der Waals surface area (Å²) >= 11 is 1.47. The first-order chi connectivity index (χ1) is 8.54. The lowest BCUT2D eigenvalue weighted by Crippen LogP contribution is -2.39. The molecule has 1 unspecified atom stereocenters. The molecule has 4 N–H and O–H groups in total. The van der Waals surface area contributed by atoms with Crippen molar-refractivity contribution in [2.24, 2.45) is 11.5 Å². The summed E-state index contributed by atoms with van der Waals surface area (Å²) in [7, 11) is 0. The number of hydrogen-bond donors (Lipinski definition) is 2. The van der Waals surface area contributed by atoms with Gasteiger partial charge >= 0.3 is 0 Å². The maximum atomic E-state index is 12.0. The van der Waals surface area contributed by atoms with Gasteiger partial charge in [-0.3, -0.25) is 9.69 Å². The van der Waals surface area contributed by atoms with E-state index >= 15 is 0 Å². The molecule has 4 nitrogen and oxygen atoms in total. The molecule has 1 aliphatic rings. The van der Waals surface area contributed by atoms with E-state index in [0.29, 0.717) is 18.2 Å². The van der Waals surface area contributed by atoms with Gasteiger partial charge in [0, 0.05) is 12.2 Å². The Hall–Kier alpha value is -1.04. The van der Waals surface area contributed by atoms with Gasteiger partial charge in [-0.2, -0.15) is 0 Å². The van der Waals surface area contributed by atoms with E-state index in [1.807, 2.05) is 18.2 Å². The molecular formula is C13H19N3OS. The van der Waals surface area contributed by atoms with Crippen molar-refractivity contribution in [1.82, 2.24) is 0 Å². The molecule has 98 valence electrons. The average molecular weight is 265 g/mol. The molecule has 1 aromatic carbocycles. The van der Waals surface area contributed by atoms with Crippen molar-refractivity contribution in [2.75, 3.05) is 10.7 Å². The Labute approximate surface area is 112 Å². The summed E-state index contributed by atoms with van der Waals surface area (Å²) in [5, 5.41) is 0. The largest absolute Gasteiger partial charge is 0.326 e. The van der Waals surface area contributed by atoms with Crippen molar-refractivity contribution in [3.63, 3.8) is 0 Å². The third-order valence-corrected chi connectivity index (χ3v) is 4.08. The second-order valence-electron chi connectivity index (χ2n) is 4.72. The first kappa shape index (κ1) is 13.4. The fourth-order valence-corrected chi connectivity index (χ4v) is 2.96. The standard InChI is InChI=1S/C13H19N3OS/c1-8(2)10-4-3-9(6-14)5-11(10)16-12(17)7-18-13(16)15/h3-5,8,13H,6-7,14-15H2,1-2H3. The van der Waals surface area contributed by atoms with Gasteiger partial charge in [0.2, 0.25) is 5.91 Å². The lowest BCUT2D eigenvalue weighted by molar-refractivity contribution is -0.115. The number of anilines is 1. The first-order valence-corrected chi connectivity index (χ1v) is 7.11. The molecule has 0 bridgehead atoms. The van der Waals surface area contributed by atoms with Crippen molar-refractivity contribution < 1.29 is 4.79 Å². The number of amides is 1. The maximum absolute atomic E-state index is 12.0. The zero-order chi connectivity index (χ0) is 13.3. The number of carbonyl (C=O) groups excluding carboxylic acids is 1. The van der Waals surface area contributed by atoms with Gasteiger partial charge in [-0.05, 0) is 23.1 Å². The van der Waals surface area contributed by atoms with E-state index in [1.165, 1.54) is 11.8 Å². The van der Waals surface area contributed by atoms with E-state index in [9.17, 15) is 4.79 Å². The van der Waals surface area contributed by atoms with E-state index in [1.54, 1.807) is 4.90 Å². The van der Waals surface area contributed by atoms with Crippen LogP contribution >= 0.6 is 11.8 Å². The van der Waals surface area contributed by atoms with Gasteiger partial charge < -0.3 is 11.5 Å². The van der Waals surface area contributed by atoms with Crippen LogP contribution < -0.4 is 16.4 Å². The molecule has 1 aliphatic heterocycles. The zero-order valence-corrected chi connectivity index (χ0v) is 11.5. The van der Waals surface area contributed by atoms with Crippen LogP contribution in [0.1, 0.15) is 30.9 Å². The number of carbonyl (C=O) groups is 1. The predicted molar refractivity (Wildman–Crippen MR) is 76.3 cm³/mol. The average Bonchev–Trinajstić information content (AvgIpc) is 2.68. The van der Waals surface area contributed by atoms with Crippen LogP contribution in [0, 0.1) is 0 Å². The van der Waals surface area contributed by atoms with Crippen LogP contribution in [0.15, 0.2) is 18.2 Å². The summed E-state index contributed by atoms with van der Waals surface area (Å²) in [5.41, 5.74) is 14.5. The smallest absolute Gasteiger partial charge is 0.239 e. The predicted octanol–water partition coefficient (Wildman–Crippen LogP) is 1.59. The number of nitrogens with two attached hydrogens (primary N) is 2. The molecule has 2 rings (SSSR count). The van der Waals surface area contributed by atoms with Gasteiger partial charge in [0.15, 0.2) is 0 Å². The molecular weight excluding hydrogens is 246 g/mol. The third-order valence-electron chi connectivity index (χ3n) is 3.11. The molecule has 0 spiro atoms. The highest BCUT2D eigenvalue weighted by Gasteiger charge is 2.31. The van der Waals surface area contributed by atoms with Gasteiger partial charge in [0.1, 0.15) is 5.50 Å². The van der Waals surface area contributed by atoms with Gasteiger partial charge in [0.25, 0.3) is 0 Å². The number of thioether (sulfide) groups is 1. The molecule has 0 saturated carbocycles. The second-order valence-corrected chi connectivity index (χ2v) is 5.82. The Bertz CT molecular complexity index is 462. The van der Waals surface area contributed by atoms with Crippen LogP contribution in [-0.2, 0) is 11.3 Å². The summed E-state index contributed by atoms with van der Waals surface area (Å²) in [6.45, 7) is 4.69. The van der Waals surface area contributed by atoms with E-state index < -0.39 is 0 Å². The van der Waals surface area contributed by atoms with E-state index in [4.69, 9.17) is 11.5 Å². The Morgan fingerprint density at radius 3 is 2.72 bits per heavy atom. The lowest BCUT2D eigenvalue weighted by atomic mass is 9.98. The van der Waals surface area contributed by atoms with Crippen molar-refractivity contribution in [3.05, 3.63) is 29.3 Å². The summed E-state index contributed by atoms with van der Waals surface area (Å²) in [6.07, 6.45) is 0. The maximum Gasteiger partial charge on any atom is 0.239 e. The Morgan fingerprint density at radius 2 is 2.22 bits per heavy atom. The molecule has 1 atom stereocenters. The number of nitrogens with zero attached hydrogens (tertiary/aromatic N) is 1. The van der Waals surface area contributed by atoms with Crippen LogP contribution in [-0.4, -0.2) is 17.2 Å². The quantitative estimate of drug-likeness (QED) is 0.870. The summed E-state index contributed by atoms with van der Waals surface area (Å²) in [4.78, 5) is 13.6. The topological polar surface area (TPSA) is 72.3 Å². The van der Waals surface area contributed by atoms with E-state index in [-0.39, 0.29) is 11.4 Å². The van der Waals surface area contributed by atoms with Crippen LogP contribution in [0.3, 0.4) is 0 Å². The fraction of sp³-hybridized carbons (Fsp3) is 0.462. The molecule has 1 saturated heterocycles. The monoisotopic (exact) mass is 265 g/mol. The molecule has 1 aromatic rings. The third kappa shape index (κ3) is 2.39. The molecule has 0 aromatic heterocycles. The van der Waals surface area contributed by atoms with Crippen LogP contribution in [0.4, 0.5) is 5.69 Å². The zero-order valence-electron chi connectivity index (χ0n) is 10.7. The molecule has 1 heterocycles. The number of rotatable bonds is 3. The molecule has 18 heavy (non-hydrogen) atoms. The van der Waals surface area contributed by atoms with Crippen molar-refractivity contribution >= 4 is 23.4 Å². The molecule has 1 amide bonds. The Morgan fingerprint density at radius 1 is 1.50 bits per heavy atom. The number of benzene rings is 1. The van der Waals surface area contributed by atoms with Gasteiger partial charge in [-0.15, -0.1) is 11.8 Å². The molecule has 5 heteroatoms. The van der Waals surface area contributed by atoms with E-state index in [0.717, 1.165) is 16.8 Å².